The second-order valence-corrected chi connectivity index (χ2v) is 4.37. The minimum absolute atomic E-state index is 0.830. The highest BCUT2D eigenvalue weighted by Crippen LogP contribution is 2.03. The van der Waals surface area contributed by atoms with Gasteiger partial charge in [-0.15, -0.1) is 0 Å². The van der Waals surface area contributed by atoms with Gasteiger partial charge in [0.05, 0.1) is 0 Å². The van der Waals surface area contributed by atoms with Crippen LogP contribution in [0.1, 0.15) is 36.8 Å². The fourth-order valence-corrected chi connectivity index (χ4v) is 1.80. The van der Waals surface area contributed by atoms with Crippen molar-refractivity contribution < 1.29 is 0 Å². The number of benzene rings is 1. The topological polar surface area (TPSA) is 38.0 Å². The first kappa shape index (κ1) is 13.2. The average molecular weight is 220 g/mol. The Morgan fingerprint density at radius 2 is 1.94 bits per heavy atom. The van der Waals surface area contributed by atoms with E-state index in [2.05, 4.69) is 36.5 Å². The molecular weight excluding hydrogens is 196 g/mol. The van der Waals surface area contributed by atoms with E-state index in [1.807, 2.05) is 0 Å². The maximum absolute atomic E-state index is 5.44. The molecule has 0 atom stereocenters. The van der Waals surface area contributed by atoms with Gasteiger partial charge in [-0.3, -0.25) is 0 Å². The molecule has 1 rings (SSSR count). The van der Waals surface area contributed by atoms with Crippen LogP contribution in [0.15, 0.2) is 24.3 Å². The Labute approximate surface area is 99.2 Å². The molecule has 0 aliphatic heterocycles. The lowest BCUT2D eigenvalue weighted by molar-refractivity contribution is 0.590. The van der Waals surface area contributed by atoms with Crippen LogP contribution in [0.25, 0.3) is 0 Å². The lowest BCUT2D eigenvalue weighted by Gasteiger charge is -2.05. The minimum Gasteiger partial charge on any atom is -0.330 e. The zero-order chi connectivity index (χ0) is 11.6. The van der Waals surface area contributed by atoms with Crippen LogP contribution in [0.5, 0.6) is 0 Å². The Morgan fingerprint density at radius 3 is 2.69 bits per heavy atom. The highest BCUT2D eigenvalue weighted by Gasteiger charge is 1.93. The molecule has 3 N–H and O–H groups in total. The van der Waals surface area contributed by atoms with Crippen molar-refractivity contribution in [2.24, 2.45) is 5.73 Å². The van der Waals surface area contributed by atoms with E-state index in [0.717, 1.165) is 26.1 Å². The van der Waals surface area contributed by atoms with Crippen molar-refractivity contribution in [3.63, 3.8) is 0 Å². The summed E-state index contributed by atoms with van der Waals surface area (Å²) in [5, 5.41) is 3.47. The van der Waals surface area contributed by atoms with Crippen LogP contribution in [0.2, 0.25) is 0 Å². The van der Waals surface area contributed by atoms with Crippen molar-refractivity contribution in [2.75, 3.05) is 13.1 Å². The van der Waals surface area contributed by atoms with Crippen molar-refractivity contribution in [3.05, 3.63) is 35.4 Å². The van der Waals surface area contributed by atoms with Gasteiger partial charge < -0.3 is 11.1 Å². The summed E-state index contributed by atoms with van der Waals surface area (Å²) in [5.74, 6) is 0. The molecule has 0 unspecified atom stereocenters. The third kappa shape index (κ3) is 5.89. The Hall–Kier alpha value is -0.860. The van der Waals surface area contributed by atoms with Gasteiger partial charge in [0.2, 0.25) is 0 Å². The largest absolute Gasteiger partial charge is 0.330 e. The van der Waals surface area contributed by atoms with E-state index >= 15 is 0 Å². The summed E-state index contributed by atoms with van der Waals surface area (Å²) in [4.78, 5) is 0. The molecule has 0 fully saturated rings. The summed E-state index contributed by atoms with van der Waals surface area (Å²) < 4.78 is 0. The normalized spacial score (nSPS) is 10.6. The van der Waals surface area contributed by atoms with Gasteiger partial charge in [-0.05, 0) is 38.4 Å². The lowest BCUT2D eigenvalue weighted by atomic mass is 10.1. The molecular formula is C14H24N2. The fraction of sp³-hybridized carbons (Fsp3) is 0.571. The van der Waals surface area contributed by atoms with E-state index in [-0.39, 0.29) is 0 Å². The summed E-state index contributed by atoms with van der Waals surface area (Å²) in [6.45, 7) is 5.06. The quantitative estimate of drug-likeness (QED) is 0.661. The fourth-order valence-electron chi connectivity index (χ4n) is 1.80. The van der Waals surface area contributed by atoms with Gasteiger partial charge in [0.1, 0.15) is 0 Å². The van der Waals surface area contributed by atoms with E-state index in [9.17, 15) is 0 Å². The highest BCUT2D eigenvalue weighted by atomic mass is 14.8. The van der Waals surface area contributed by atoms with Crippen molar-refractivity contribution in [3.8, 4) is 0 Å². The molecule has 0 heterocycles. The van der Waals surface area contributed by atoms with E-state index in [0.29, 0.717) is 0 Å². The third-order valence-electron chi connectivity index (χ3n) is 2.72. The number of aryl methyl sites for hydroxylation is 1. The molecule has 1 aromatic carbocycles. The summed E-state index contributed by atoms with van der Waals surface area (Å²) in [7, 11) is 0. The number of hydrogen-bond donors (Lipinski definition) is 2. The Kier molecular flexibility index (Phi) is 6.86. The van der Waals surface area contributed by atoms with Gasteiger partial charge in [-0.2, -0.15) is 0 Å². The molecule has 2 heteroatoms. The summed E-state index contributed by atoms with van der Waals surface area (Å²) >= 11 is 0. The predicted octanol–water partition coefficient (Wildman–Crippen LogP) is 2.60. The van der Waals surface area contributed by atoms with Gasteiger partial charge >= 0.3 is 0 Å². The van der Waals surface area contributed by atoms with Crippen LogP contribution in [-0.2, 0) is 6.54 Å². The number of rotatable bonds is 8. The van der Waals surface area contributed by atoms with Gasteiger partial charge in [0.25, 0.3) is 0 Å². The van der Waals surface area contributed by atoms with Crippen molar-refractivity contribution >= 4 is 0 Å². The predicted molar refractivity (Wildman–Crippen MR) is 70.4 cm³/mol. The summed E-state index contributed by atoms with van der Waals surface area (Å²) in [6.07, 6.45) is 4.98. The summed E-state index contributed by atoms with van der Waals surface area (Å²) in [5.41, 5.74) is 8.16. The van der Waals surface area contributed by atoms with Crippen LogP contribution in [0, 0.1) is 6.92 Å². The number of unbranched alkanes of at least 4 members (excludes halogenated alkanes) is 3. The van der Waals surface area contributed by atoms with Gasteiger partial charge in [0.15, 0.2) is 0 Å². The van der Waals surface area contributed by atoms with E-state index < -0.39 is 0 Å². The molecule has 90 valence electrons. The zero-order valence-electron chi connectivity index (χ0n) is 10.3. The Balaban J connectivity index is 2.03. The van der Waals surface area contributed by atoms with Gasteiger partial charge in [0, 0.05) is 6.54 Å². The molecule has 0 radical (unpaired) electrons. The number of nitrogens with one attached hydrogen (secondary N) is 1. The molecule has 0 aliphatic carbocycles. The van der Waals surface area contributed by atoms with Crippen LogP contribution < -0.4 is 11.1 Å². The SMILES string of the molecule is Cc1cccc(CNCCCCCCN)c1. The number of nitrogens with two attached hydrogens (primary N) is 1. The van der Waals surface area contributed by atoms with E-state index in [4.69, 9.17) is 5.73 Å². The van der Waals surface area contributed by atoms with Crippen molar-refractivity contribution in [1.29, 1.82) is 0 Å². The third-order valence-corrected chi connectivity index (χ3v) is 2.72. The van der Waals surface area contributed by atoms with Crippen molar-refractivity contribution in [2.45, 2.75) is 39.2 Å². The monoisotopic (exact) mass is 220 g/mol. The molecule has 0 aromatic heterocycles. The summed E-state index contributed by atoms with van der Waals surface area (Å²) in [6, 6.07) is 8.67. The zero-order valence-corrected chi connectivity index (χ0v) is 10.3. The molecule has 0 saturated heterocycles. The molecule has 0 bridgehead atoms. The second-order valence-electron chi connectivity index (χ2n) is 4.37. The molecule has 0 aliphatic rings. The smallest absolute Gasteiger partial charge is 0.0205 e. The molecule has 1 aromatic rings. The Morgan fingerprint density at radius 1 is 1.12 bits per heavy atom. The minimum atomic E-state index is 0.830. The molecule has 2 nitrogen and oxygen atoms in total. The van der Waals surface area contributed by atoms with Gasteiger partial charge in [-0.1, -0.05) is 42.7 Å². The van der Waals surface area contributed by atoms with Gasteiger partial charge in [-0.25, -0.2) is 0 Å². The second kappa shape index (κ2) is 8.31. The molecule has 0 saturated carbocycles. The van der Waals surface area contributed by atoms with Crippen LogP contribution >= 0.6 is 0 Å². The van der Waals surface area contributed by atoms with Crippen molar-refractivity contribution in [1.82, 2.24) is 5.32 Å². The lowest BCUT2D eigenvalue weighted by Crippen LogP contribution is -2.14. The first-order valence-corrected chi connectivity index (χ1v) is 6.29. The molecule has 0 spiro atoms. The van der Waals surface area contributed by atoms with E-state index in [1.165, 1.54) is 30.4 Å². The standard InChI is InChI=1S/C14H24N2/c1-13-7-6-8-14(11-13)12-16-10-5-3-2-4-9-15/h6-8,11,16H,2-5,9-10,12,15H2,1H3. The van der Waals surface area contributed by atoms with Crippen LogP contribution in [-0.4, -0.2) is 13.1 Å². The first-order valence-electron chi connectivity index (χ1n) is 6.29. The van der Waals surface area contributed by atoms with Crippen LogP contribution in [0.4, 0.5) is 0 Å². The maximum atomic E-state index is 5.44. The Bertz CT molecular complexity index is 284. The van der Waals surface area contributed by atoms with Crippen LogP contribution in [0.3, 0.4) is 0 Å². The van der Waals surface area contributed by atoms with E-state index in [1.54, 1.807) is 0 Å². The average Bonchev–Trinajstić information content (AvgIpc) is 2.28. The first-order chi connectivity index (χ1) is 7.83. The molecule has 0 amide bonds. The number of hydrogen-bond acceptors (Lipinski definition) is 2. The highest BCUT2D eigenvalue weighted by molar-refractivity contribution is 5.21. The maximum Gasteiger partial charge on any atom is 0.0205 e. The molecule has 16 heavy (non-hydrogen) atoms.